The van der Waals surface area contributed by atoms with E-state index in [9.17, 15) is 21.6 Å². The zero-order chi connectivity index (χ0) is 28.7. The van der Waals surface area contributed by atoms with Crippen LogP contribution in [0.25, 0.3) is 0 Å². The van der Waals surface area contributed by atoms with Crippen LogP contribution in [-0.2, 0) is 31.3 Å². The van der Waals surface area contributed by atoms with Gasteiger partial charge in [-0.15, -0.1) is 0 Å². The van der Waals surface area contributed by atoms with Crippen molar-refractivity contribution in [1.29, 1.82) is 0 Å². The molecule has 0 radical (unpaired) electrons. The second kappa shape index (κ2) is 11.2. The predicted octanol–water partition coefficient (Wildman–Crippen LogP) is 4.79. The van der Waals surface area contributed by atoms with Crippen LogP contribution in [0.1, 0.15) is 18.4 Å². The Morgan fingerprint density at radius 2 is 1.65 bits per heavy atom. The number of rotatable bonds is 7. The number of carbonyl (C=O) groups excluding carboxylic acids is 1. The minimum Gasteiger partial charge on any atom is -0.495 e. The number of halogens is 2. The van der Waals surface area contributed by atoms with Gasteiger partial charge in [0.1, 0.15) is 5.75 Å². The van der Waals surface area contributed by atoms with Crippen LogP contribution in [0.4, 0.5) is 11.4 Å². The van der Waals surface area contributed by atoms with Gasteiger partial charge in [-0.05, 0) is 79.4 Å². The lowest BCUT2D eigenvalue weighted by atomic mass is 9.98. The van der Waals surface area contributed by atoms with Crippen molar-refractivity contribution in [2.75, 3.05) is 36.4 Å². The second-order valence-corrected chi connectivity index (χ2v) is 14.3. The molecule has 9 nitrogen and oxygen atoms in total. The van der Waals surface area contributed by atoms with Gasteiger partial charge >= 0.3 is 0 Å². The molecule has 0 bridgehead atoms. The summed E-state index contributed by atoms with van der Waals surface area (Å²) < 4.78 is 60.9. The van der Waals surface area contributed by atoms with Crippen LogP contribution in [0.15, 0.2) is 70.5 Å². The van der Waals surface area contributed by atoms with Crippen LogP contribution in [0.5, 0.6) is 5.75 Å². The number of nitrogens with zero attached hydrogens (tertiary/aromatic N) is 2. The van der Waals surface area contributed by atoms with Crippen molar-refractivity contribution in [1.82, 2.24) is 4.31 Å². The molecule has 1 saturated heterocycles. The number of anilines is 2. The summed E-state index contributed by atoms with van der Waals surface area (Å²) in [7, 11) is -6.25. The summed E-state index contributed by atoms with van der Waals surface area (Å²) in [6.45, 7) is 0.578. The molecule has 1 fully saturated rings. The van der Waals surface area contributed by atoms with Gasteiger partial charge in [0.05, 0.1) is 33.5 Å². The molecule has 0 spiro atoms. The minimum absolute atomic E-state index is 0.0137. The van der Waals surface area contributed by atoms with Crippen molar-refractivity contribution in [3.8, 4) is 5.75 Å². The van der Waals surface area contributed by atoms with Crippen molar-refractivity contribution in [3.63, 3.8) is 0 Å². The molecule has 5 rings (SSSR count). The Balaban J connectivity index is 1.31. The van der Waals surface area contributed by atoms with Crippen molar-refractivity contribution >= 4 is 60.5 Å². The maximum absolute atomic E-state index is 13.3. The Kier molecular flexibility index (Phi) is 8.04. The lowest BCUT2D eigenvalue weighted by molar-refractivity contribution is -0.120. The number of carbonyl (C=O) groups is 1. The number of sulfonamides is 2. The zero-order valence-electron chi connectivity index (χ0n) is 21.5. The number of amides is 1. The molecule has 1 atom stereocenters. The van der Waals surface area contributed by atoms with Gasteiger partial charge in [0.15, 0.2) is 0 Å². The normalized spacial score (nSPS) is 17.9. The van der Waals surface area contributed by atoms with E-state index in [2.05, 4.69) is 5.32 Å². The Morgan fingerprint density at radius 1 is 0.925 bits per heavy atom. The molecule has 3 aromatic rings. The van der Waals surface area contributed by atoms with Gasteiger partial charge in [0.25, 0.3) is 10.0 Å². The van der Waals surface area contributed by atoms with Gasteiger partial charge in [-0.2, -0.15) is 4.31 Å². The zero-order valence-corrected chi connectivity index (χ0v) is 24.7. The lowest BCUT2D eigenvalue weighted by Gasteiger charge is -2.31. The van der Waals surface area contributed by atoms with Crippen LogP contribution in [0, 0.1) is 5.92 Å². The first-order chi connectivity index (χ1) is 19.0. The first kappa shape index (κ1) is 28.7. The van der Waals surface area contributed by atoms with Crippen molar-refractivity contribution < 1.29 is 26.4 Å². The smallest absolute Gasteiger partial charge is 0.264 e. The Labute approximate surface area is 243 Å². The van der Waals surface area contributed by atoms with Gasteiger partial charge in [0.2, 0.25) is 15.9 Å². The molecular weight excluding hydrogens is 597 g/mol. The highest BCUT2D eigenvalue weighted by atomic mass is 35.5. The molecule has 13 heteroatoms. The van der Waals surface area contributed by atoms with Crippen LogP contribution in [0.3, 0.4) is 0 Å². The van der Waals surface area contributed by atoms with E-state index in [1.807, 2.05) is 0 Å². The molecule has 0 saturated carbocycles. The Hall–Kier alpha value is -2.83. The molecule has 40 heavy (non-hydrogen) atoms. The number of methoxy groups -OCH3 is 1. The third-order valence-electron chi connectivity index (χ3n) is 7.12. The third-order valence-corrected chi connectivity index (χ3v) is 11.4. The summed E-state index contributed by atoms with van der Waals surface area (Å²) >= 11 is 12.1. The second-order valence-electron chi connectivity index (χ2n) is 9.61. The summed E-state index contributed by atoms with van der Waals surface area (Å²) in [6, 6.07) is 15.4. The van der Waals surface area contributed by atoms with E-state index in [1.165, 1.54) is 58.2 Å². The summed E-state index contributed by atoms with van der Waals surface area (Å²) in [5, 5.41) is 3.48. The number of hydrogen-bond donors (Lipinski definition) is 1. The molecule has 0 aliphatic carbocycles. The number of nitrogens with one attached hydrogen (secondary N) is 1. The van der Waals surface area contributed by atoms with Crippen molar-refractivity contribution in [3.05, 3.63) is 76.3 Å². The van der Waals surface area contributed by atoms with Gasteiger partial charge in [-0.3, -0.25) is 9.10 Å². The first-order valence-corrected chi connectivity index (χ1v) is 16.2. The van der Waals surface area contributed by atoms with E-state index in [-0.39, 0.29) is 40.4 Å². The molecular formula is C27H27Cl2N3O6S2. The first-order valence-electron chi connectivity index (χ1n) is 12.6. The summed E-state index contributed by atoms with van der Waals surface area (Å²) in [5.41, 5.74) is 1.78. The topological polar surface area (TPSA) is 113 Å². The van der Waals surface area contributed by atoms with Gasteiger partial charge in [-0.1, -0.05) is 29.3 Å². The molecule has 2 heterocycles. The maximum Gasteiger partial charge on any atom is 0.264 e. The average molecular weight is 625 g/mol. The summed E-state index contributed by atoms with van der Waals surface area (Å²) in [4.78, 5) is 13.4. The molecule has 1 N–H and O–H groups in total. The number of fused-ring (bicyclic) bond motifs is 1. The van der Waals surface area contributed by atoms with Crippen LogP contribution in [-0.4, -0.2) is 53.8 Å². The van der Waals surface area contributed by atoms with Gasteiger partial charge in [-0.25, -0.2) is 16.8 Å². The molecule has 2 aliphatic rings. The van der Waals surface area contributed by atoms with Gasteiger partial charge in [0, 0.05) is 30.3 Å². The fourth-order valence-corrected chi connectivity index (χ4v) is 8.48. The van der Waals surface area contributed by atoms with E-state index in [0.717, 1.165) is 5.56 Å². The SMILES string of the molecule is COc1ccc(S(=O)(=O)N2CCCC(C(=O)Nc3ccc4c(c3)N(S(=O)(=O)c3ccc(Cl)cc3)CC4)C2)cc1Cl. The summed E-state index contributed by atoms with van der Waals surface area (Å²) in [5.74, 6) is -0.553. The van der Waals surface area contributed by atoms with Crippen LogP contribution in [0.2, 0.25) is 10.0 Å². The van der Waals surface area contributed by atoms with E-state index in [1.54, 1.807) is 18.2 Å². The Bertz CT molecular complexity index is 1660. The molecule has 0 aromatic heterocycles. The van der Waals surface area contributed by atoms with Crippen molar-refractivity contribution in [2.24, 2.45) is 5.92 Å². The maximum atomic E-state index is 13.3. The molecule has 1 unspecified atom stereocenters. The average Bonchev–Trinajstić information content (AvgIpc) is 3.37. The molecule has 1 amide bonds. The van der Waals surface area contributed by atoms with E-state index in [4.69, 9.17) is 27.9 Å². The quantitative estimate of drug-likeness (QED) is 0.405. The third kappa shape index (κ3) is 5.53. The molecule has 3 aromatic carbocycles. The highest BCUT2D eigenvalue weighted by Crippen LogP contribution is 2.36. The fraction of sp³-hybridized carbons (Fsp3) is 0.296. The highest BCUT2D eigenvalue weighted by molar-refractivity contribution is 7.92. The monoisotopic (exact) mass is 623 g/mol. The fourth-order valence-electron chi connectivity index (χ4n) is 4.99. The standard InChI is InChI=1S/C27H27Cl2N3O6S2/c1-38-26-11-10-23(16-24(26)29)39(34,35)31-13-2-3-19(17-31)27(33)30-21-7-4-18-12-14-32(25(18)15-21)40(36,37)22-8-5-20(28)6-9-22/h4-11,15-16,19H,2-3,12-14,17H2,1H3,(H,30,33). The number of piperidine rings is 1. The van der Waals surface area contributed by atoms with E-state index >= 15 is 0 Å². The van der Waals surface area contributed by atoms with Crippen molar-refractivity contribution in [2.45, 2.75) is 29.1 Å². The predicted molar refractivity (Wildman–Crippen MR) is 154 cm³/mol. The lowest BCUT2D eigenvalue weighted by Crippen LogP contribution is -2.43. The highest BCUT2D eigenvalue weighted by Gasteiger charge is 2.35. The van der Waals surface area contributed by atoms with Gasteiger partial charge < -0.3 is 10.1 Å². The number of benzene rings is 3. The largest absolute Gasteiger partial charge is 0.495 e. The number of ether oxygens (including phenoxy) is 1. The molecule has 212 valence electrons. The van der Waals surface area contributed by atoms with Crippen LogP contribution >= 0.6 is 23.2 Å². The number of hydrogen-bond acceptors (Lipinski definition) is 6. The Morgan fingerprint density at radius 3 is 2.35 bits per heavy atom. The summed E-state index contributed by atoms with van der Waals surface area (Å²) in [6.07, 6.45) is 1.57. The van der Waals surface area contributed by atoms with E-state index < -0.39 is 26.0 Å². The van der Waals surface area contributed by atoms with Crippen LogP contribution < -0.4 is 14.4 Å². The minimum atomic E-state index is -3.88. The molecule has 2 aliphatic heterocycles. The van der Waals surface area contributed by atoms with E-state index in [0.29, 0.717) is 41.4 Å².